The number of hydrogen-bond donors (Lipinski definition) is 0. The lowest BCUT2D eigenvalue weighted by molar-refractivity contribution is -0.130. The largest absolute Gasteiger partial charge is 0.497 e. The van der Waals surface area contributed by atoms with E-state index in [1.807, 2.05) is 43.3 Å². The van der Waals surface area contributed by atoms with Crippen molar-refractivity contribution in [1.82, 2.24) is 9.80 Å². The highest BCUT2D eigenvalue weighted by Crippen LogP contribution is 2.36. The molecule has 0 unspecified atom stereocenters. The van der Waals surface area contributed by atoms with Crippen LogP contribution in [0.25, 0.3) is 0 Å². The monoisotopic (exact) mass is 380 g/mol. The van der Waals surface area contributed by atoms with Crippen LogP contribution in [0.1, 0.15) is 18.4 Å². The van der Waals surface area contributed by atoms with Gasteiger partial charge in [0.15, 0.2) is 9.84 Å². The molecule has 2 aliphatic rings. The fourth-order valence-electron chi connectivity index (χ4n) is 4.16. The molecule has 0 N–H and O–H groups in total. The lowest BCUT2D eigenvalue weighted by Crippen LogP contribution is -2.38. The van der Waals surface area contributed by atoms with Crippen molar-refractivity contribution in [3.63, 3.8) is 0 Å². The van der Waals surface area contributed by atoms with Gasteiger partial charge in [-0.05, 0) is 44.6 Å². The molecular weight excluding hydrogens is 352 g/mol. The lowest BCUT2D eigenvalue weighted by atomic mass is 10.00. The van der Waals surface area contributed by atoms with E-state index in [0.29, 0.717) is 19.5 Å². The number of methoxy groups -OCH3 is 1. The van der Waals surface area contributed by atoms with Gasteiger partial charge in [-0.2, -0.15) is 0 Å². The van der Waals surface area contributed by atoms with Crippen molar-refractivity contribution < 1.29 is 17.9 Å². The molecule has 2 heterocycles. The molecule has 3 atom stereocenters. The molecule has 1 aromatic carbocycles. The number of aryl methyl sites for hydroxylation is 1. The number of amides is 1. The summed E-state index contributed by atoms with van der Waals surface area (Å²) in [6, 6.07) is 7.88. The molecule has 2 aliphatic heterocycles. The molecule has 3 rings (SSSR count). The zero-order valence-electron chi connectivity index (χ0n) is 15.7. The topological polar surface area (TPSA) is 66.9 Å². The number of hydrogen-bond acceptors (Lipinski definition) is 5. The number of likely N-dealkylation sites (tertiary alicyclic amines) is 1. The smallest absolute Gasteiger partial charge is 0.222 e. The van der Waals surface area contributed by atoms with E-state index >= 15 is 0 Å². The van der Waals surface area contributed by atoms with Crippen molar-refractivity contribution in [3.05, 3.63) is 29.8 Å². The Kier molecular flexibility index (Phi) is 5.58. The second kappa shape index (κ2) is 7.56. The van der Waals surface area contributed by atoms with Gasteiger partial charge in [0.2, 0.25) is 5.91 Å². The van der Waals surface area contributed by atoms with Crippen LogP contribution in [0.5, 0.6) is 5.75 Å². The van der Waals surface area contributed by atoms with E-state index in [1.54, 1.807) is 12.0 Å². The second-order valence-corrected chi connectivity index (χ2v) is 9.83. The first kappa shape index (κ1) is 19.2. The number of fused-ring (bicyclic) bond motifs is 1. The molecular formula is C19H28N2O4S. The summed E-state index contributed by atoms with van der Waals surface area (Å²) in [6.07, 6.45) is 2.05. The zero-order chi connectivity index (χ0) is 18.9. The molecule has 0 aromatic heterocycles. The first-order chi connectivity index (χ1) is 12.3. The van der Waals surface area contributed by atoms with Crippen LogP contribution in [-0.2, 0) is 21.1 Å². The van der Waals surface area contributed by atoms with Crippen molar-refractivity contribution in [2.45, 2.75) is 30.6 Å². The Morgan fingerprint density at radius 2 is 1.92 bits per heavy atom. The van der Waals surface area contributed by atoms with Gasteiger partial charge in [0.1, 0.15) is 5.75 Å². The Labute approximate surface area is 156 Å². The third-order valence-corrected chi connectivity index (χ3v) is 7.93. The molecule has 26 heavy (non-hydrogen) atoms. The minimum atomic E-state index is -3.10. The van der Waals surface area contributed by atoms with Crippen LogP contribution < -0.4 is 4.74 Å². The number of ether oxygens (including phenoxy) is 1. The number of sulfone groups is 1. The summed E-state index contributed by atoms with van der Waals surface area (Å²) in [4.78, 5) is 16.3. The highest BCUT2D eigenvalue weighted by molar-refractivity contribution is 7.92. The van der Waals surface area contributed by atoms with Crippen LogP contribution in [0.3, 0.4) is 0 Å². The van der Waals surface area contributed by atoms with Gasteiger partial charge in [-0.3, -0.25) is 4.79 Å². The van der Waals surface area contributed by atoms with Gasteiger partial charge >= 0.3 is 0 Å². The number of carbonyl (C=O) groups excluding carboxylic acids is 1. The molecule has 7 heteroatoms. The Hall–Kier alpha value is -1.60. The van der Waals surface area contributed by atoms with Gasteiger partial charge < -0.3 is 14.5 Å². The molecule has 1 aromatic rings. The predicted octanol–water partition coefficient (Wildman–Crippen LogP) is 1.20. The summed E-state index contributed by atoms with van der Waals surface area (Å²) >= 11 is 0. The summed E-state index contributed by atoms with van der Waals surface area (Å²) < 4.78 is 29.9. The SMILES string of the molecule is COc1ccc(CCCC(=O)N2C[C@H]3[C@H](N(C)C)CS(=O)(=O)[C@H]3C2)cc1. The third kappa shape index (κ3) is 3.88. The van der Waals surface area contributed by atoms with Crippen molar-refractivity contribution in [1.29, 1.82) is 0 Å². The molecule has 6 nitrogen and oxygen atoms in total. The van der Waals surface area contributed by atoms with E-state index in [-0.39, 0.29) is 28.9 Å². The van der Waals surface area contributed by atoms with Crippen LogP contribution in [0, 0.1) is 5.92 Å². The first-order valence-corrected chi connectivity index (χ1v) is 10.8. The Morgan fingerprint density at radius 3 is 2.54 bits per heavy atom. The van der Waals surface area contributed by atoms with Gasteiger partial charge in [0, 0.05) is 31.5 Å². The average Bonchev–Trinajstić information content (AvgIpc) is 3.15. The molecule has 0 radical (unpaired) electrons. The molecule has 144 valence electrons. The van der Waals surface area contributed by atoms with Crippen molar-refractivity contribution in [2.24, 2.45) is 5.92 Å². The standard InChI is InChI=1S/C19H28N2O4S/c1-20(2)17-13-26(23,24)18-12-21(11-16(17)18)19(22)6-4-5-14-7-9-15(25-3)10-8-14/h7-10,16-18H,4-6,11-13H2,1-3H3/t16-,17+,18-/m0/s1. The fraction of sp³-hybridized carbons (Fsp3) is 0.632. The van der Waals surface area contributed by atoms with Gasteiger partial charge in [-0.1, -0.05) is 12.1 Å². The zero-order valence-corrected chi connectivity index (χ0v) is 16.5. The van der Waals surface area contributed by atoms with E-state index in [2.05, 4.69) is 0 Å². The summed E-state index contributed by atoms with van der Waals surface area (Å²) in [7, 11) is 2.37. The number of benzene rings is 1. The van der Waals surface area contributed by atoms with Gasteiger partial charge in [-0.25, -0.2) is 8.42 Å². The summed E-state index contributed by atoms with van der Waals surface area (Å²) in [5.41, 5.74) is 1.17. The minimum absolute atomic E-state index is 0.0158. The quantitative estimate of drug-likeness (QED) is 0.742. The maximum Gasteiger partial charge on any atom is 0.222 e. The lowest BCUT2D eigenvalue weighted by Gasteiger charge is -2.25. The van der Waals surface area contributed by atoms with Crippen molar-refractivity contribution >= 4 is 15.7 Å². The van der Waals surface area contributed by atoms with Gasteiger partial charge in [0.25, 0.3) is 0 Å². The van der Waals surface area contributed by atoms with Crippen LogP contribution in [0.15, 0.2) is 24.3 Å². The van der Waals surface area contributed by atoms with Crippen LogP contribution in [0.2, 0.25) is 0 Å². The maximum atomic E-state index is 12.6. The molecule has 0 spiro atoms. The molecule has 0 aliphatic carbocycles. The van der Waals surface area contributed by atoms with E-state index in [1.165, 1.54) is 5.56 Å². The van der Waals surface area contributed by atoms with E-state index < -0.39 is 9.84 Å². The number of rotatable bonds is 6. The van der Waals surface area contributed by atoms with Gasteiger partial charge in [-0.15, -0.1) is 0 Å². The van der Waals surface area contributed by atoms with E-state index in [9.17, 15) is 13.2 Å². The van der Waals surface area contributed by atoms with Gasteiger partial charge in [0.05, 0.1) is 18.1 Å². The summed E-state index contributed by atoms with van der Waals surface area (Å²) in [6.45, 7) is 0.923. The average molecular weight is 381 g/mol. The summed E-state index contributed by atoms with van der Waals surface area (Å²) in [5.74, 6) is 1.15. The van der Waals surface area contributed by atoms with E-state index in [4.69, 9.17) is 4.74 Å². The maximum absolute atomic E-state index is 12.6. The van der Waals surface area contributed by atoms with Crippen LogP contribution in [-0.4, -0.2) is 75.5 Å². The minimum Gasteiger partial charge on any atom is -0.497 e. The molecule has 2 saturated heterocycles. The molecule has 0 saturated carbocycles. The summed E-state index contributed by atoms with van der Waals surface area (Å²) in [5, 5.41) is -0.388. The fourth-order valence-corrected chi connectivity index (χ4v) is 6.64. The molecule has 1 amide bonds. The Balaban J connectivity index is 1.53. The predicted molar refractivity (Wildman–Crippen MR) is 101 cm³/mol. The van der Waals surface area contributed by atoms with Crippen LogP contribution >= 0.6 is 0 Å². The second-order valence-electron chi connectivity index (χ2n) is 7.56. The van der Waals surface area contributed by atoms with E-state index in [0.717, 1.165) is 18.6 Å². The Bertz CT molecular complexity index is 745. The third-order valence-electron chi connectivity index (χ3n) is 5.70. The first-order valence-electron chi connectivity index (χ1n) is 9.10. The Morgan fingerprint density at radius 1 is 1.23 bits per heavy atom. The van der Waals surface area contributed by atoms with Crippen molar-refractivity contribution in [2.75, 3.05) is 40.0 Å². The molecule has 0 bridgehead atoms. The molecule has 2 fully saturated rings. The highest BCUT2D eigenvalue weighted by atomic mass is 32.2. The number of nitrogens with zero attached hydrogens (tertiary/aromatic N) is 2. The highest BCUT2D eigenvalue weighted by Gasteiger charge is 2.53. The number of carbonyl (C=O) groups is 1. The normalized spacial score (nSPS) is 26.9. The van der Waals surface area contributed by atoms with Crippen LogP contribution in [0.4, 0.5) is 0 Å². The van der Waals surface area contributed by atoms with Crippen molar-refractivity contribution in [3.8, 4) is 5.75 Å².